The molecule has 0 radical (unpaired) electrons. The van der Waals surface area contributed by atoms with Crippen LogP contribution >= 0.6 is 32.8 Å². The highest BCUT2D eigenvalue weighted by Crippen LogP contribution is 2.41. The predicted molar refractivity (Wildman–Crippen MR) is 287 cm³/mol. The lowest BCUT2D eigenvalue weighted by Gasteiger charge is -2.41. The largest absolute Gasteiger partial charge is 0.481 e. The number of aromatic nitrogens is 1. The van der Waals surface area contributed by atoms with Gasteiger partial charge in [0.25, 0.3) is 0 Å². The molecular formula is C52H74F2N5O13PS2. The summed E-state index contributed by atoms with van der Waals surface area (Å²) in [5.41, 5.74) is 12.7. The van der Waals surface area contributed by atoms with Crippen LogP contribution in [-0.4, -0.2) is 162 Å². The molecular weight excluding hydrogens is 1040 g/mol. The van der Waals surface area contributed by atoms with Gasteiger partial charge in [0.05, 0.1) is 75.8 Å². The number of nitrogens with zero attached hydrogens (tertiary/aromatic N) is 2. The van der Waals surface area contributed by atoms with Crippen molar-refractivity contribution >= 4 is 73.6 Å². The van der Waals surface area contributed by atoms with Gasteiger partial charge in [0, 0.05) is 79.9 Å². The number of rotatable bonds is 40. The fraction of sp³-hybridized carbons (Fsp3) is 0.558. The van der Waals surface area contributed by atoms with Crippen LogP contribution in [0.3, 0.4) is 0 Å². The van der Waals surface area contributed by atoms with E-state index in [0.717, 1.165) is 47.3 Å². The summed E-state index contributed by atoms with van der Waals surface area (Å²) in [7, 11) is 1.97. The molecule has 75 heavy (non-hydrogen) atoms. The van der Waals surface area contributed by atoms with Crippen LogP contribution in [0.4, 0.5) is 8.78 Å². The van der Waals surface area contributed by atoms with Crippen molar-refractivity contribution in [1.82, 2.24) is 14.8 Å². The van der Waals surface area contributed by atoms with Gasteiger partial charge >= 0.3 is 11.9 Å². The molecule has 5 atom stereocenters. The Morgan fingerprint density at radius 2 is 1.44 bits per heavy atom. The van der Waals surface area contributed by atoms with Gasteiger partial charge in [-0.3, -0.25) is 33.6 Å². The number of hydrogen-bond donors (Lipinski definition) is 5. The first kappa shape index (κ1) is 64.6. The van der Waals surface area contributed by atoms with Crippen LogP contribution in [0, 0.1) is 23.0 Å². The molecule has 3 aromatic rings. The highest BCUT2D eigenvalue weighted by atomic mass is 32.2. The van der Waals surface area contributed by atoms with Gasteiger partial charge in [0.2, 0.25) is 11.8 Å². The molecule has 7 N–H and O–H groups in total. The topological polar surface area (TPSA) is 269 Å². The standard InChI is InChI=1S/C52H74F2N5O13PS2/c1-52(2,3)48(44-26-36(41-27-38(53)12-13-42(41)54)31-58(44)30-35-9-5-4-6-10-35)59(16-8-15-55)47(63)34-74-32-37(49(64)65)25-39(60)14-18-70-20-22-72-24-23-71-21-19-69-17-7-11-40(61)29-57-46(62)28-45(51(68)73)75-33-43(56)50(66)67/h4-6,9-10,12-13,26-27,31,37,43,45,48H,7-8,11,14-25,28-30,32-34,55-56,73H2,1-3H3,(H,57,62)(H,64,65)(H,66,67)/t37-,43-,45?,48-/m0/s1. The van der Waals surface area contributed by atoms with Crippen molar-refractivity contribution in [3.63, 3.8) is 0 Å². The molecule has 0 saturated carbocycles. The number of carboxylic acids is 2. The lowest BCUT2D eigenvalue weighted by Crippen LogP contribution is -2.44. The van der Waals surface area contributed by atoms with Crippen molar-refractivity contribution in [2.75, 3.05) is 89.7 Å². The van der Waals surface area contributed by atoms with Crippen LogP contribution in [0.5, 0.6) is 0 Å². The molecule has 1 aromatic heterocycles. The molecule has 416 valence electrons. The fourth-order valence-electron chi connectivity index (χ4n) is 7.62. The molecule has 2 aromatic carbocycles. The summed E-state index contributed by atoms with van der Waals surface area (Å²) in [5.74, 6) is -5.94. The molecule has 18 nitrogen and oxygen atoms in total. The maximum Gasteiger partial charge on any atom is 0.321 e. The maximum absolute atomic E-state index is 15.2. The van der Waals surface area contributed by atoms with E-state index in [1.807, 2.05) is 64.9 Å². The van der Waals surface area contributed by atoms with Gasteiger partial charge in [-0.05, 0) is 54.6 Å². The number of halogens is 2. The van der Waals surface area contributed by atoms with Gasteiger partial charge in [-0.25, -0.2) is 8.78 Å². The summed E-state index contributed by atoms with van der Waals surface area (Å²) in [5, 5.41) is 20.6. The first-order valence-corrected chi connectivity index (χ1v) is 27.5. The van der Waals surface area contributed by atoms with Crippen molar-refractivity contribution in [3.05, 3.63) is 83.7 Å². The van der Waals surface area contributed by atoms with Crippen molar-refractivity contribution in [3.8, 4) is 11.1 Å². The number of carbonyl (C=O) groups is 7. The molecule has 0 fully saturated rings. The van der Waals surface area contributed by atoms with Crippen LogP contribution in [0.25, 0.3) is 11.1 Å². The van der Waals surface area contributed by atoms with E-state index in [0.29, 0.717) is 70.2 Å². The summed E-state index contributed by atoms with van der Waals surface area (Å²) >= 11 is 2.10. The average Bonchev–Trinajstić information content (AvgIpc) is 3.76. The van der Waals surface area contributed by atoms with E-state index in [2.05, 4.69) is 5.32 Å². The zero-order chi connectivity index (χ0) is 55.3. The monoisotopic (exact) mass is 1110 g/mol. The van der Waals surface area contributed by atoms with E-state index in [9.17, 15) is 43.1 Å². The van der Waals surface area contributed by atoms with Crippen molar-refractivity contribution in [2.24, 2.45) is 22.8 Å². The Hall–Kier alpha value is -4.64. The number of nitrogens with one attached hydrogen (secondary N) is 1. The zero-order valence-corrected chi connectivity index (χ0v) is 45.8. The summed E-state index contributed by atoms with van der Waals surface area (Å²) in [6.45, 7) is 8.76. The number of benzene rings is 2. The van der Waals surface area contributed by atoms with E-state index < -0.39 is 58.1 Å². The molecule has 0 spiro atoms. The molecule has 0 bridgehead atoms. The Balaban J connectivity index is 1.35. The van der Waals surface area contributed by atoms with Crippen LogP contribution in [-0.2, 0) is 59.1 Å². The third-order valence-corrected chi connectivity index (χ3v) is 14.5. The Morgan fingerprint density at radius 3 is 2.04 bits per heavy atom. The molecule has 0 saturated heterocycles. The van der Waals surface area contributed by atoms with Crippen LogP contribution in [0.15, 0.2) is 60.8 Å². The molecule has 2 amide bonds. The van der Waals surface area contributed by atoms with Gasteiger partial charge < -0.3 is 55.4 Å². The molecule has 1 heterocycles. The van der Waals surface area contributed by atoms with Gasteiger partial charge in [-0.15, -0.1) is 11.8 Å². The van der Waals surface area contributed by atoms with Crippen molar-refractivity contribution in [2.45, 2.75) is 83.2 Å². The van der Waals surface area contributed by atoms with Crippen molar-refractivity contribution < 1.29 is 71.5 Å². The number of ketones is 2. The van der Waals surface area contributed by atoms with Gasteiger partial charge in [-0.1, -0.05) is 60.3 Å². The number of carboxylic acid groups (broad SMARTS) is 2. The molecule has 0 aliphatic rings. The number of nitrogens with two attached hydrogens (primary N) is 2. The molecule has 0 aliphatic carbocycles. The van der Waals surface area contributed by atoms with Gasteiger partial charge in [0.15, 0.2) is 11.3 Å². The quantitative estimate of drug-likeness (QED) is 0.0354. The molecule has 3 rings (SSSR count). The number of carbonyl (C=O) groups excluding carboxylic acids is 5. The lowest BCUT2D eigenvalue weighted by atomic mass is 9.83. The van der Waals surface area contributed by atoms with E-state index in [1.54, 1.807) is 17.2 Å². The Labute approximate surface area is 448 Å². The average molecular weight is 1110 g/mol. The van der Waals surface area contributed by atoms with Crippen LogP contribution in [0.2, 0.25) is 0 Å². The second-order valence-corrected chi connectivity index (χ2v) is 21.5. The third kappa shape index (κ3) is 24.9. The minimum atomic E-state index is -1.21. The minimum Gasteiger partial charge on any atom is -0.481 e. The molecule has 0 aliphatic heterocycles. The molecule has 2 unspecified atom stereocenters. The number of thioether (sulfide) groups is 2. The van der Waals surface area contributed by atoms with E-state index in [-0.39, 0.29) is 104 Å². The summed E-state index contributed by atoms with van der Waals surface area (Å²) in [4.78, 5) is 88.2. The number of ether oxygens (including phenoxy) is 4. The number of amides is 2. The highest BCUT2D eigenvalue weighted by molar-refractivity contribution is 8.01. The van der Waals surface area contributed by atoms with Crippen molar-refractivity contribution in [1.29, 1.82) is 0 Å². The summed E-state index contributed by atoms with van der Waals surface area (Å²) < 4.78 is 53.5. The summed E-state index contributed by atoms with van der Waals surface area (Å²) in [6.07, 6.45) is 2.41. The zero-order valence-electron chi connectivity index (χ0n) is 43.0. The smallest absolute Gasteiger partial charge is 0.321 e. The van der Waals surface area contributed by atoms with Crippen LogP contribution in [0.1, 0.15) is 76.6 Å². The number of Topliss-reactive ketones (excluding diaryl/α,β-unsaturated/α-hetero) is 2. The fourth-order valence-corrected chi connectivity index (χ4v) is 10.0. The number of hydrogen-bond acceptors (Lipinski definition) is 15. The first-order chi connectivity index (χ1) is 35.7. The predicted octanol–water partition coefficient (Wildman–Crippen LogP) is 5.37. The number of aliphatic carboxylic acids is 2. The normalized spacial score (nSPS) is 13.2. The van der Waals surface area contributed by atoms with E-state index in [1.165, 1.54) is 0 Å². The Morgan fingerprint density at radius 1 is 0.800 bits per heavy atom. The van der Waals surface area contributed by atoms with Gasteiger partial charge in [0.1, 0.15) is 23.5 Å². The third-order valence-electron chi connectivity index (χ3n) is 11.4. The second kappa shape index (κ2) is 34.9. The van der Waals surface area contributed by atoms with E-state index in [4.69, 9.17) is 35.5 Å². The first-order valence-electron chi connectivity index (χ1n) is 24.7. The SMILES string of the molecule is CC(C)(C)[C@H](c1cc(-c2cc(F)ccc2F)cn1Cc1ccccc1)N(CCCN)C(=O)CSC[C@H](CC(=O)CCOCCOCCOCCOCCCC(=O)CNC(=O)CC(SC[C@H](N)C(=O)O)C(=O)P)C(=O)O. The molecule has 23 heteroatoms. The van der Waals surface area contributed by atoms with Gasteiger partial charge in [-0.2, -0.15) is 11.8 Å². The Kier molecular flexibility index (Phi) is 30.1. The highest BCUT2D eigenvalue weighted by Gasteiger charge is 2.37. The van der Waals surface area contributed by atoms with Crippen LogP contribution < -0.4 is 16.8 Å². The second-order valence-electron chi connectivity index (χ2n) is 18.7. The minimum absolute atomic E-state index is 0.00182. The summed E-state index contributed by atoms with van der Waals surface area (Å²) in [6, 6.07) is 13.0. The lowest BCUT2D eigenvalue weighted by molar-refractivity contribution is -0.143. The Bertz CT molecular complexity index is 2290. The van der Waals surface area contributed by atoms with E-state index >= 15 is 4.39 Å². The maximum atomic E-state index is 15.2.